The van der Waals surface area contributed by atoms with E-state index in [0.29, 0.717) is 4.94 Å². The van der Waals surface area contributed by atoms with E-state index in [-0.39, 0.29) is 14.0 Å². The van der Waals surface area contributed by atoms with Crippen LogP contribution in [0.15, 0.2) is 0 Å². The van der Waals surface area contributed by atoms with Gasteiger partial charge in [-0.15, -0.1) is 4.94 Å². The minimum atomic E-state index is 0.0517. The molecule has 5 nitrogen and oxygen atoms in total. The molecule has 3 N–H and O–H groups in total. The summed E-state index contributed by atoms with van der Waals surface area (Å²) in [7, 11) is 0.0517. The van der Waals surface area contributed by atoms with Gasteiger partial charge in [0.05, 0.1) is 0 Å². The van der Waals surface area contributed by atoms with Crippen molar-refractivity contribution in [2.24, 2.45) is 0 Å². The van der Waals surface area contributed by atoms with Crippen LogP contribution in [0.3, 0.4) is 0 Å². The molecule has 0 aliphatic heterocycles. The fourth-order valence-corrected chi connectivity index (χ4v) is 0.300. The van der Waals surface area contributed by atoms with E-state index in [4.69, 9.17) is 16.9 Å². The molecule has 0 amide bonds. The Balaban J connectivity index is 3.14. The van der Waals surface area contributed by atoms with E-state index in [2.05, 4.69) is 0 Å². The van der Waals surface area contributed by atoms with Gasteiger partial charge in [-0.25, -0.2) is 0 Å². The minimum absolute atomic E-state index is 0.0517. The van der Waals surface area contributed by atoms with E-state index in [1.165, 1.54) is 0 Å². The fraction of sp³-hybridized carbons (Fsp3) is 1.00. The Labute approximate surface area is 43.6 Å². The first-order chi connectivity index (χ1) is 3.18. The van der Waals surface area contributed by atoms with Gasteiger partial charge in [-0.3, -0.25) is 5.21 Å². The quantitative estimate of drug-likeness (QED) is 0.439. The molecule has 0 spiro atoms. The predicted molar refractivity (Wildman–Crippen MR) is 28.3 cm³/mol. The van der Waals surface area contributed by atoms with E-state index < -0.39 is 0 Å². The van der Waals surface area contributed by atoms with Crippen molar-refractivity contribution in [1.82, 2.24) is 10.2 Å². The molecule has 0 rings (SSSR count). The van der Waals surface area contributed by atoms with Gasteiger partial charge in [0.1, 0.15) is 0 Å². The summed E-state index contributed by atoms with van der Waals surface area (Å²) in [6.45, 7) is 1.66. The van der Waals surface area contributed by atoms with Crippen LogP contribution in [0, 0.1) is 0 Å². The summed E-state index contributed by atoms with van der Waals surface area (Å²) in [5.74, 6) is 12.7. The molecule has 0 saturated carbocycles. The molecule has 0 aliphatic rings. The summed E-state index contributed by atoms with van der Waals surface area (Å²) in [6.07, 6.45) is 0. The van der Waals surface area contributed by atoms with Crippen LogP contribution in [0.2, 0.25) is 0 Å². The maximum absolute atomic E-state index is 8.33. The largest absolute Gasteiger partial charge is 0.612 e. The van der Waals surface area contributed by atoms with Crippen molar-refractivity contribution in [3.63, 3.8) is 0 Å². The maximum atomic E-state index is 8.33. The van der Waals surface area contributed by atoms with Gasteiger partial charge in [-0.2, -0.15) is 0 Å². The van der Waals surface area contributed by atoms with Crippen molar-refractivity contribution in [1.29, 1.82) is 0 Å². The van der Waals surface area contributed by atoms with Gasteiger partial charge in [0.2, 0.25) is 0 Å². The highest BCUT2D eigenvalue weighted by atomic mass is 31.1. The minimum Gasteiger partial charge on any atom is -0.612 e. The van der Waals surface area contributed by atoms with E-state index in [0.717, 1.165) is 0 Å². The molecule has 6 heteroatoms. The lowest BCUT2D eigenvalue weighted by Crippen LogP contribution is -2.18. The Morgan fingerprint density at radius 2 is 2.00 bits per heavy atom. The second-order valence-electron chi connectivity index (χ2n) is 0.825. The zero-order valence-corrected chi connectivity index (χ0v) is 4.84. The molecule has 0 radical (unpaired) electrons. The van der Waals surface area contributed by atoms with Crippen LogP contribution >= 0.6 is 8.73 Å². The standard InChI is InChI=1S/CH7N4OP/c1-7-5(6)4(2)3/h2-3,6-7H,1H3/q-2. The molecule has 1 atom stereocenters. The van der Waals surface area contributed by atoms with Crippen LogP contribution < -0.4 is 0 Å². The summed E-state index contributed by atoms with van der Waals surface area (Å²) in [4.78, 5) is 0.486. The van der Waals surface area contributed by atoms with E-state index in [1.807, 2.05) is 0 Å². The highest BCUT2D eigenvalue weighted by Crippen LogP contribution is 2.10. The first-order valence-corrected chi connectivity index (χ1v) is 3.02. The summed E-state index contributed by atoms with van der Waals surface area (Å²) in [5.41, 5.74) is 0. The zero-order valence-electron chi connectivity index (χ0n) is 3.84. The molecular weight excluding hydrogens is 115 g/mol. The topological polar surface area (TPSA) is 74.3 Å². The molecule has 7 heavy (non-hydrogen) atoms. The van der Waals surface area contributed by atoms with E-state index >= 15 is 0 Å². The second-order valence-corrected chi connectivity index (χ2v) is 1.67. The lowest BCUT2D eigenvalue weighted by atomic mass is 12.0. The molecule has 0 aromatic rings. The summed E-state index contributed by atoms with van der Waals surface area (Å²) in [5, 5.41) is 8.46. The van der Waals surface area contributed by atoms with Crippen molar-refractivity contribution < 1.29 is 5.21 Å². The van der Waals surface area contributed by atoms with Crippen molar-refractivity contribution in [3.8, 4) is 0 Å². The molecule has 1 unspecified atom stereocenters. The summed E-state index contributed by atoms with van der Waals surface area (Å²) in [6, 6.07) is 0. The third-order valence-electron chi connectivity index (χ3n) is 0.389. The Morgan fingerprint density at radius 1 is 1.57 bits per heavy atom. The number of nitrogens with one attached hydrogen (secondary N) is 2. The molecule has 0 heterocycles. The average molecular weight is 122 g/mol. The van der Waals surface area contributed by atoms with Crippen LogP contribution in [0.1, 0.15) is 0 Å². The van der Waals surface area contributed by atoms with Gasteiger partial charge < -0.3 is 16.9 Å². The monoisotopic (exact) mass is 122 g/mol. The normalized spacial score (nSPS) is 12.9. The number of hydrogen-bond acceptors (Lipinski definition) is 3. The van der Waals surface area contributed by atoms with Gasteiger partial charge in [0.15, 0.2) is 0 Å². The van der Waals surface area contributed by atoms with Gasteiger partial charge >= 0.3 is 0 Å². The third-order valence-corrected chi connectivity index (χ3v) is 0.989. The number of rotatable bonds is 2. The molecule has 0 bridgehead atoms. The van der Waals surface area contributed by atoms with Gasteiger partial charge in [0, 0.05) is 0 Å². The van der Waals surface area contributed by atoms with Crippen LogP contribution in [-0.2, 0) is 0 Å². The lowest BCUT2D eigenvalue weighted by Gasteiger charge is -2.37. The van der Waals surface area contributed by atoms with Crippen LogP contribution in [0.5, 0.6) is 0 Å². The Morgan fingerprint density at radius 3 is 2.00 bits per heavy atom. The van der Waals surface area contributed by atoms with Gasteiger partial charge in [0.25, 0.3) is 0 Å². The molecule has 0 aromatic heterocycles. The Kier molecular flexibility index (Phi) is 3.37. The number of hydrogen-bond donors (Lipinski definition) is 1. The van der Waals surface area contributed by atoms with Crippen LogP contribution in [-0.4, -0.2) is 22.0 Å². The van der Waals surface area contributed by atoms with Gasteiger partial charge in [-0.1, -0.05) is 0 Å². The molecule has 44 valence electrons. The highest BCUT2D eigenvalue weighted by Gasteiger charge is 1.82. The third kappa shape index (κ3) is 2.87. The lowest BCUT2D eigenvalue weighted by molar-refractivity contribution is -0.109. The number of hydrazine groups is 1. The SMILES string of the molecule is CPN(O)N([NH-])[NH-]. The first kappa shape index (κ1) is 7.23. The van der Waals surface area contributed by atoms with Crippen LogP contribution in [0.4, 0.5) is 0 Å². The molecule has 0 fully saturated rings. The second kappa shape index (κ2) is 3.26. The average Bonchev–Trinajstić information content (AvgIpc) is 1.65. The van der Waals surface area contributed by atoms with Gasteiger partial charge in [-0.05, 0) is 15.4 Å². The molecule has 0 saturated heterocycles. The van der Waals surface area contributed by atoms with Crippen molar-refractivity contribution in [2.75, 3.05) is 6.66 Å². The van der Waals surface area contributed by atoms with Crippen molar-refractivity contribution in [3.05, 3.63) is 11.7 Å². The maximum Gasteiger partial charge on any atom is -0.00875 e. The molecular formula is CH7N4OP-2. The van der Waals surface area contributed by atoms with E-state index in [9.17, 15) is 0 Å². The first-order valence-electron chi connectivity index (χ1n) is 1.57. The summed E-state index contributed by atoms with van der Waals surface area (Å²) >= 11 is 0. The number of nitrogens with zero attached hydrogens (tertiary/aromatic N) is 2. The van der Waals surface area contributed by atoms with Crippen molar-refractivity contribution >= 4 is 8.73 Å². The van der Waals surface area contributed by atoms with E-state index in [1.54, 1.807) is 6.66 Å². The predicted octanol–water partition coefficient (Wildman–Crippen LogP) is 1.05. The Hall–Kier alpha value is 0.230. The fourth-order valence-electron chi connectivity index (χ4n) is 0.100. The van der Waals surface area contributed by atoms with Crippen LogP contribution in [0.25, 0.3) is 11.7 Å². The van der Waals surface area contributed by atoms with Crippen molar-refractivity contribution in [2.45, 2.75) is 0 Å². The summed E-state index contributed by atoms with van der Waals surface area (Å²) < 4.78 is 0. The zero-order chi connectivity index (χ0) is 5.86. The molecule has 0 aromatic carbocycles. The highest BCUT2D eigenvalue weighted by molar-refractivity contribution is 7.33. The molecule has 0 aliphatic carbocycles. The smallest absolute Gasteiger partial charge is 0.00875 e. The Bertz CT molecular complexity index is 49.0.